The molecule has 0 unspecified atom stereocenters. The fourth-order valence-corrected chi connectivity index (χ4v) is 2.53. The first kappa shape index (κ1) is 17.3. The molecule has 26 heavy (non-hydrogen) atoms. The van der Waals surface area contributed by atoms with Gasteiger partial charge in [-0.25, -0.2) is 9.78 Å². The number of nitrogens with one attached hydrogen (secondary N) is 2. The summed E-state index contributed by atoms with van der Waals surface area (Å²) in [6.45, 7) is 0. The van der Waals surface area contributed by atoms with Gasteiger partial charge in [-0.1, -0.05) is 18.2 Å². The highest BCUT2D eigenvalue weighted by Crippen LogP contribution is 2.12. The van der Waals surface area contributed by atoms with Crippen LogP contribution in [0.15, 0.2) is 53.3 Å². The molecule has 2 N–H and O–H groups in total. The Morgan fingerprint density at radius 1 is 1.15 bits per heavy atom. The van der Waals surface area contributed by atoms with E-state index < -0.39 is 5.97 Å². The number of hydrogen-bond donors (Lipinski definition) is 2. The number of aromatic nitrogens is 2. The van der Waals surface area contributed by atoms with Crippen LogP contribution in [0, 0.1) is 0 Å². The zero-order valence-electron chi connectivity index (χ0n) is 14.1. The molecule has 0 spiro atoms. The number of methoxy groups -OCH3 is 1. The van der Waals surface area contributed by atoms with Crippen molar-refractivity contribution in [3.8, 4) is 0 Å². The van der Waals surface area contributed by atoms with E-state index in [4.69, 9.17) is 0 Å². The van der Waals surface area contributed by atoms with E-state index in [1.165, 1.54) is 13.2 Å². The van der Waals surface area contributed by atoms with Gasteiger partial charge in [-0.2, -0.15) is 0 Å². The van der Waals surface area contributed by atoms with Crippen LogP contribution in [0.3, 0.4) is 0 Å². The predicted molar refractivity (Wildman–Crippen MR) is 97.1 cm³/mol. The highest BCUT2D eigenvalue weighted by Gasteiger charge is 2.10. The zero-order chi connectivity index (χ0) is 18.5. The third-order valence-electron chi connectivity index (χ3n) is 3.83. The number of carbonyl (C=O) groups is 2. The molecule has 7 heteroatoms. The molecule has 2 aromatic carbocycles. The van der Waals surface area contributed by atoms with Gasteiger partial charge in [0.2, 0.25) is 5.91 Å². The summed E-state index contributed by atoms with van der Waals surface area (Å²) in [6.07, 6.45) is 0.305. The van der Waals surface area contributed by atoms with Crippen LogP contribution in [-0.2, 0) is 16.0 Å². The molecule has 0 radical (unpaired) electrons. The van der Waals surface area contributed by atoms with Gasteiger partial charge in [0.1, 0.15) is 5.69 Å². The third-order valence-corrected chi connectivity index (χ3v) is 3.83. The van der Waals surface area contributed by atoms with E-state index in [2.05, 4.69) is 20.0 Å². The smallest absolute Gasteiger partial charge is 0.337 e. The molecular weight excluding hydrogens is 334 g/mol. The molecule has 3 rings (SSSR count). The number of rotatable bonds is 5. The highest BCUT2D eigenvalue weighted by atomic mass is 16.5. The van der Waals surface area contributed by atoms with Crippen molar-refractivity contribution in [2.75, 3.05) is 12.4 Å². The average Bonchev–Trinajstić information content (AvgIpc) is 2.66. The summed E-state index contributed by atoms with van der Waals surface area (Å²) in [5.41, 5.74) is 2.17. The first-order valence-corrected chi connectivity index (χ1v) is 8.03. The summed E-state index contributed by atoms with van der Waals surface area (Å²) in [6, 6.07) is 13.7. The molecule has 0 saturated heterocycles. The molecule has 0 atom stereocenters. The Bertz CT molecular complexity index is 1030. The van der Waals surface area contributed by atoms with Crippen molar-refractivity contribution in [3.63, 3.8) is 0 Å². The second-order valence-corrected chi connectivity index (χ2v) is 5.65. The lowest BCUT2D eigenvalue weighted by Gasteiger charge is -2.07. The van der Waals surface area contributed by atoms with Crippen LogP contribution < -0.4 is 10.9 Å². The molecule has 3 aromatic rings. The number of ether oxygens (including phenoxy) is 1. The van der Waals surface area contributed by atoms with Crippen molar-refractivity contribution in [2.45, 2.75) is 12.8 Å². The van der Waals surface area contributed by atoms with E-state index >= 15 is 0 Å². The van der Waals surface area contributed by atoms with Gasteiger partial charge in [-0.15, -0.1) is 0 Å². The number of carbonyl (C=O) groups excluding carboxylic acids is 2. The molecule has 1 aromatic heterocycles. The first-order valence-electron chi connectivity index (χ1n) is 8.03. The highest BCUT2D eigenvalue weighted by molar-refractivity contribution is 5.94. The van der Waals surface area contributed by atoms with Crippen LogP contribution in [0.1, 0.15) is 22.5 Å². The summed E-state index contributed by atoms with van der Waals surface area (Å²) in [7, 11) is 1.29. The lowest BCUT2D eigenvalue weighted by molar-refractivity contribution is -0.116. The van der Waals surface area contributed by atoms with Gasteiger partial charge < -0.3 is 15.0 Å². The largest absolute Gasteiger partial charge is 0.465 e. The topological polar surface area (TPSA) is 101 Å². The van der Waals surface area contributed by atoms with E-state index in [9.17, 15) is 14.4 Å². The van der Waals surface area contributed by atoms with Gasteiger partial charge in [-0.05, 0) is 30.3 Å². The molecule has 0 aliphatic heterocycles. The molecule has 132 valence electrons. The number of H-pyrrole nitrogens is 1. The molecule has 0 saturated carbocycles. The number of aryl methyl sites for hydroxylation is 1. The Hall–Kier alpha value is -3.48. The van der Waals surface area contributed by atoms with Crippen LogP contribution in [0.25, 0.3) is 11.0 Å². The van der Waals surface area contributed by atoms with Gasteiger partial charge >= 0.3 is 5.97 Å². The van der Waals surface area contributed by atoms with E-state index in [-0.39, 0.29) is 24.3 Å². The Balaban J connectivity index is 1.67. The van der Waals surface area contributed by atoms with Crippen LogP contribution in [0.2, 0.25) is 0 Å². The van der Waals surface area contributed by atoms with Crippen molar-refractivity contribution in [3.05, 3.63) is 70.1 Å². The minimum atomic E-state index is -0.479. The van der Waals surface area contributed by atoms with E-state index in [1.54, 1.807) is 30.3 Å². The Morgan fingerprint density at radius 2 is 1.96 bits per heavy atom. The lowest BCUT2D eigenvalue weighted by atomic mass is 10.2. The van der Waals surface area contributed by atoms with E-state index in [1.807, 2.05) is 12.1 Å². The van der Waals surface area contributed by atoms with E-state index in [0.29, 0.717) is 28.0 Å². The van der Waals surface area contributed by atoms with Gasteiger partial charge in [0, 0.05) is 18.5 Å². The van der Waals surface area contributed by atoms with E-state index in [0.717, 1.165) is 0 Å². The number of hydrogen-bond acceptors (Lipinski definition) is 5. The summed E-state index contributed by atoms with van der Waals surface area (Å²) in [5, 5.41) is 2.70. The van der Waals surface area contributed by atoms with Crippen molar-refractivity contribution < 1.29 is 14.3 Å². The summed E-state index contributed by atoms with van der Waals surface area (Å²) in [5.74, 6) is -0.755. The summed E-state index contributed by atoms with van der Waals surface area (Å²) < 4.78 is 4.65. The second-order valence-electron chi connectivity index (χ2n) is 5.65. The molecule has 0 bridgehead atoms. The van der Waals surface area contributed by atoms with Crippen LogP contribution >= 0.6 is 0 Å². The minimum Gasteiger partial charge on any atom is -0.465 e. The standard InChI is InChI=1S/C19H17N3O4/c1-26-19(25)12-5-4-6-13(11-12)20-17(23)10-9-16-18(24)22-15-8-3-2-7-14(15)21-16/h2-8,11H,9-10H2,1H3,(H,20,23)(H,22,24). The van der Waals surface area contributed by atoms with Crippen LogP contribution in [-0.4, -0.2) is 29.0 Å². The minimum absolute atomic E-state index is 0.0941. The van der Waals surface area contributed by atoms with Crippen molar-refractivity contribution in [1.29, 1.82) is 0 Å². The van der Waals surface area contributed by atoms with Crippen molar-refractivity contribution >= 4 is 28.6 Å². The van der Waals surface area contributed by atoms with Gasteiger partial charge in [-0.3, -0.25) is 9.59 Å². The number of anilines is 1. The number of esters is 1. The molecule has 0 aliphatic rings. The number of para-hydroxylation sites is 2. The summed E-state index contributed by atoms with van der Waals surface area (Å²) in [4.78, 5) is 42.8. The number of amides is 1. The zero-order valence-corrected chi connectivity index (χ0v) is 14.1. The third kappa shape index (κ3) is 3.94. The molecule has 7 nitrogen and oxygen atoms in total. The second kappa shape index (κ2) is 7.60. The Kier molecular flexibility index (Phi) is 5.07. The normalized spacial score (nSPS) is 10.5. The maximum atomic E-state index is 12.1. The predicted octanol–water partition coefficient (Wildman–Crippen LogP) is 2.28. The summed E-state index contributed by atoms with van der Waals surface area (Å²) >= 11 is 0. The fraction of sp³-hybridized carbons (Fsp3) is 0.158. The van der Waals surface area contributed by atoms with Crippen molar-refractivity contribution in [2.24, 2.45) is 0 Å². The maximum Gasteiger partial charge on any atom is 0.337 e. The number of fused-ring (bicyclic) bond motifs is 1. The molecular formula is C19H17N3O4. The van der Waals surface area contributed by atoms with Gasteiger partial charge in [0.05, 0.1) is 23.7 Å². The number of benzene rings is 2. The first-order chi connectivity index (χ1) is 12.6. The Morgan fingerprint density at radius 3 is 2.77 bits per heavy atom. The lowest BCUT2D eigenvalue weighted by Crippen LogP contribution is -2.19. The van der Waals surface area contributed by atoms with Crippen LogP contribution in [0.4, 0.5) is 5.69 Å². The number of nitrogens with zero attached hydrogens (tertiary/aromatic N) is 1. The Labute approximate surface area is 149 Å². The molecule has 1 heterocycles. The average molecular weight is 351 g/mol. The molecule has 0 aliphatic carbocycles. The molecule has 1 amide bonds. The van der Waals surface area contributed by atoms with Gasteiger partial charge in [0.15, 0.2) is 0 Å². The SMILES string of the molecule is COC(=O)c1cccc(NC(=O)CCc2nc3ccccc3[nH]c2=O)c1. The molecule has 0 fully saturated rings. The monoisotopic (exact) mass is 351 g/mol. The maximum absolute atomic E-state index is 12.1. The van der Waals surface area contributed by atoms with Crippen molar-refractivity contribution in [1.82, 2.24) is 9.97 Å². The fourth-order valence-electron chi connectivity index (χ4n) is 2.53. The number of aromatic amines is 1. The quantitative estimate of drug-likeness (QED) is 0.687. The van der Waals surface area contributed by atoms with Crippen LogP contribution in [0.5, 0.6) is 0 Å². The van der Waals surface area contributed by atoms with Gasteiger partial charge in [0.25, 0.3) is 5.56 Å².